The van der Waals surface area contributed by atoms with Gasteiger partial charge in [-0.25, -0.2) is 4.79 Å². The molecule has 38 heavy (non-hydrogen) atoms. The number of halogens is 1. The molecule has 1 fully saturated rings. The third-order valence-corrected chi connectivity index (χ3v) is 8.47. The van der Waals surface area contributed by atoms with Crippen molar-refractivity contribution in [3.63, 3.8) is 0 Å². The first-order chi connectivity index (χ1) is 18.3. The number of amides is 1. The molecule has 0 saturated carbocycles. The molecule has 1 heterocycles. The summed E-state index contributed by atoms with van der Waals surface area (Å²) >= 11 is 5.13. The Morgan fingerprint density at radius 2 is 1.82 bits per heavy atom. The average Bonchev–Trinajstić information content (AvgIpc) is 2.93. The van der Waals surface area contributed by atoms with Crippen LogP contribution in [0.3, 0.4) is 0 Å². The van der Waals surface area contributed by atoms with Crippen LogP contribution in [-0.2, 0) is 11.2 Å². The summed E-state index contributed by atoms with van der Waals surface area (Å²) in [5, 5.41) is 12.8. The van der Waals surface area contributed by atoms with Crippen molar-refractivity contribution >= 4 is 45.3 Å². The second-order valence-corrected chi connectivity index (χ2v) is 11.2. The number of thioether (sulfide) groups is 1. The maximum absolute atomic E-state index is 13.6. The van der Waals surface area contributed by atoms with Gasteiger partial charge in [0.1, 0.15) is 11.3 Å². The lowest BCUT2D eigenvalue weighted by Gasteiger charge is -2.34. The van der Waals surface area contributed by atoms with Crippen LogP contribution in [-0.4, -0.2) is 43.4 Å². The molecule has 6 nitrogen and oxygen atoms in total. The summed E-state index contributed by atoms with van der Waals surface area (Å²) in [4.78, 5) is 28.7. The maximum atomic E-state index is 13.6. The van der Waals surface area contributed by atoms with E-state index in [1.165, 1.54) is 19.6 Å². The summed E-state index contributed by atoms with van der Waals surface area (Å²) in [5.74, 6) is -1.03. The molecule has 1 saturated heterocycles. The smallest absolute Gasteiger partial charge is 0.339 e. The molecule has 1 aliphatic heterocycles. The van der Waals surface area contributed by atoms with E-state index in [-0.39, 0.29) is 29.7 Å². The fourth-order valence-corrected chi connectivity index (χ4v) is 5.91. The Morgan fingerprint density at radius 3 is 2.45 bits per heavy atom. The van der Waals surface area contributed by atoms with Crippen molar-refractivity contribution in [2.45, 2.75) is 43.5 Å². The molecule has 4 rings (SSSR count). The van der Waals surface area contributed by atoms with E-state index in [1.807, 2.05) is 6.26 Å². The first kappa shape index (κ1) is 28.0. The minimum atomic E-state index is -1.09. The molecule has 3 aromatic rings. The van der Waals surface area contributed by atoms with Gasteiger partial charge in [-0.3, -0.25) is 4.79 Å². The quantitative estimate of drug-likeness (QED) is 0.270. The van der Waals surface area contributed by atoms with Gasteiger partial charge in [0, 0.05) is 33.7 Å². The van der Waals surface area contributed by atoms with Gasteiger partial charge in [0.2, 0.25) is 5.91 Å². The van der Waals surface area contributed by atoms with Gasteiger partial charge in [-0.05, 0) is 79.5 Å². The summed E-state index contributed by atoms with van der Waals surface area (Å²) < 4.78 is 5.84. The molecule has 2 N–H and O–H groups in total. The Kier molecular flexibility index (Phi) is 9.39. The molecule has 0 spiro atoms. The van der Waals surface area contributed by atoms with Crippen LogP contribution < -0.4 is 15.0 Å². The van der Waals surface area contributed by atoms with Crippen LogP contribution in [0, 0.1) is 6.92 Å². The van der Waals surface area contributed by atoms with Gasteiger partial charge in [-0.1, -0.05) is 40.2 Å². The highest BCUT2D eigenvalue weighted by atomic mass is 79.9. The van der Waals surface area contributed by atoms with E-state index >= 15 is 0 Å². The van der Waals surface area contributed by atoms with Crippen LogP contribution in [0.4, 0.5) is 5.69 Å². The molecule has 0 aromatic heterocycles. The average molecular weight is 598 g/mol. The summed E-state index contributed by atoms with van der Waals surface area (Å²) in [5.41, 5.74) is 5.11. The zero-order valence-corrected chi connectivity index (χ0v) is 24.3. The van der Waals surface area contributed by atoms with E-state index in [9.17, 15) is 14.7 Å². The number of hydrogen-bond acceptors (Lipinski definition) is 5. The van der Waals surface area contributed by atoms with Gasteiger partial charge < -0.3 is 20.1 Å². The lowest BCUT2D eigenvalue weighted by atomic mass is 9.91. The standard InChI is InChI=1S/C30H33BrN2O4S/c1-19-8-7-9-25(33-14-5-4-6-15-33)28(19)29(20-10-12-22(38-3)13-11-20)32-27(34)17-21-16-26(37-2)23(30(35)36)18-24(21)31/h7-13,16,18,29H,4-6,14-15,17H2,1-3H3,(H,32,34)(H,35,36). The van der Waals surface area contributed by atoms with E-state index in [4.69, 9.17) is 4.74 Å². The fraction of sp³-hybridized carbons (Fsp3) is 0.333. The molecular weight excluding hydrogens is 564 g/mol. The van der Waals surface area contributed by atoms with Crippen LogP contribution >= 0.6 is 27.7 Å². The van der Waals surface area contributed by atoms with Crippen molar-refractivity contribution in [1.82, 2.24) is 5.32 Å². The monoisotopic (exact) mass is 596 g/mol. The molecule has 0 aliphatic carbocycles. The fourth-order valence-electron chi connectivity index (χ4n) is 5.02. The van der Waals surface area contributed by atoms with Crippen LogP contribution in [0.5, 0.6) is 5.75 Å². The Bertz CT molecular complexity index is 1310. The van der Waals surface area contributed by atoms with E-state index < -0.39 is 5.97 Å². The third-order valence-electron chi connectivity index (χ3n) is 6.99. The largest absolute Gasteiger partial charge is 0.496 e. The summed E-state index contributed by atoms with van der Waals surface area (Å²) in [6, 6.07) is 17.5. The predicted molar refractivity (Wildman–Crippen MR) is 157 cm³/mol. The molecule has 1 atom stereocenters. The van der Waals surface area contributed by atoms with Gasteiger partial charge in [-0.15, -0.1) is 11.8 Å². The third kappa shape index (κ3) is 6.35. The van der Waals surface area contributed by atoms with Crippen LogP contribution in [0.15, 0.2) is 64.0 Å². The molecular formula is C30H33BrN2O4S. The summed E-state index contributed by atoms with van der Waals surface area (Å²) in [6.07, 6.45) is 5.68. The highest BCUT2D eigenvalue weighted by Gasteiger charge is 2.26. The number of aromatic carboxylic acids is 1. The Hall–Kier alpha value is -2.97. The van der Waals surface area contributed by atoms with Crippen molar-refractivity contribution in [3.8, 4) is 5.75 Å². The number of rotatable bonds is 9. The topological polar surface area (TPSA) is 78.9 Å². The normalized spacial score (nSPS) is 14.2. The molecule has 8 heteroatoms. The zero-order chi connectivity index (χ0) is 27.2. The highest BCUT2D eigenvalue weighted by Crippen LogP contribution is 2.36. The second-order valence-electron chi connectivity index (χ2n) is 9.45. The van der Waals surface area contributed by atoms with E-state index in [0.29, 0.717) is 10.0 Å². The number of anilines is 1. The number of hydrogen-bond donors (Lipinski definition) is 2. The SMILES string of the molecule is COc1cc(CC(=O)NC(c2ccc(SC)cc2)c2c(C)cccc2N2CCCCC2)c(Br)cc1C(=O)O. The Morgan fingerprint density at radius 1 is 1.11 bits per heavy atom. The number of benzene rings is 3. The number of carboxylic acids is 1. The molecule has 1 amide bonds. The van der Waals surface area contributed by atoms with Gasteiger partial charge in [0.25, 0.3) is 0 Å². The number of ether oxygens (including phenoxy) is 1. The predicted octanol–water partition coefficient (Wildman–Crippen LogP) is 6.62. The van der Waals surface area contributed by atoms with Gasteiger partial charge in [-0.2, -0.15) is 0 Å². The number of nitrogens with one attached hydrogen (secondary N) is 1. The number of carbonyl (C=O) groups is 2. The number of carbonyl (C=O) groups excluding carboxylic acids is 1. The van der Waals surface area contributed by atoms with Crippen molar-refractivity contribution in [1.29, 1.82) is 0 Å². The number of carboxylic acid groups (broad SMARTS) is 1. The molecule has 1 unspecified atom stereocenters. The maximum Gasteiger partial charge on any atom is 0.339 e. The van der Waals surface area contributed by atoms with Gasteiger partial charge in [0.15, 0.2) is 0 Å². The van der Waals surface area contributed by atoms with Crippen LogP contribution in [0.1, 0.15) is 57.9 Å². The van der Waals surface area contributed by atoms with Crippen molar-refractivity contribution in [3.05, 3.63) is 86.9 Å². The minimum Gasteiger partial charge on any atom is -0.496 e. The number of nitrogens with zero attached hydrogens (tertiary/aromatic N) is 1. The molecule has 1 aliphatic rings. The van der Waals surface area contributed by atoms with Crippen LogP contribution in [0.25, 0.3) is 0 Å². The van der Waals surface area contributed by atoms with Crippen LogP contribution in [0.2, 0.25) is 0 Å². The summed E-state index contributed by atoms with van der Waals surface area (Å²) in [6.45, 7) is 4.11. The molecule has 3 aromatic carbocycles. The number of methoxy groups -OCH3 is 1. The molecule has 0 radical (unpaired) electrons. The van der Waals surface area contributed by atoms with E-state index in [0.717, 1.165) is 53.2 Å². The highest BCUT2D eigenvalue weighted by molar-refractivity contribution is 9.10. The first-order valence-electron chi connectivity index (χ1n) is 12.7. The van der Waals surface area contributed by atoms with E-state index in [1.54, 1.807) is 17.8 Å². The number of piperidine rings is 1. The first-order valence-corrected chi connectivity index (χ1v) is 14.7. The molecule has 0 bridgehead atoms. The number of aryl methyl sites for hydroxylation is 1. The van der Waals surface area contributed by atoms with Crippen molar-refractivity contribution in [2.24, 2.45) is 0 Å². The Labute approximate surface area is 236 Å². The minimum absolute atomic E-state index is 0.0429. The lowest BCUT2D eigenvalue weighted by molar-refractivity contribution is -0.120. The Balaban J connectivity index is 1.71. The second kappa shape index (κ2) is 12.7. The lowest BCUT2D eigenvalue weighted by Crippen LogP contribution is -2.35. The molecule has 200 valence electrons. The van der Waals surface area contributed by atoms with E-state index in [2.05, 4.69) is 75.5 Å². The zero-order valence-electron chi connectivity index (χ0n) is 21.9. The van der Waals surface area contributed by atoms with Crippen molar-refractivity contribution in [2.75, 3.05) is 31.4 Å². The summed E-state index contributed by atoms with van der Waals surface area (Å²) in [7, 11) is 1.42. The van der Waals surface area contributed by atoms with Gasteiger partial charge in [0.05, 0.1) is 19.6 Å². The van der Waals surface area contributed by atoms with Crippen molar-refractivity contribution < 1.29 is 19.4 Å². The van der Waals surface area contributed by atoms with Gasteiger partial charge >= 0.3 is 5.97 Å².